The first-order valence-electron chi connectivity index (χ1n) is 8.48. The van der Waals surface area contributed by atoms with Gasteiger partial charge in [-0.2, -0.15) is 4.31 Å². The van der Waals surface area contributed by atoms with E-state index in [4.69, 9.17) is 20.9 Å². The molecule has 0 bridgehead atoms. The van der Waals surface area contributed by atoms with Crippen molar-refractivity contribution < 1.29 is 22.5 Å². The number of morpholine rings is 1. The molecule has 8 nitrogen and oxygen atoms in total. The van der Waals surface area contributed by atoms with Crippen LogP contribution in [0.5, 0.6) is 0 Å². The number of benzene rings is 1. The highest BCUT2D eigenvalue weighted by atomic mass is 35.5. The monoisotopic (exact) mass is 413 g/mol. The SMILES string of the molecule is CCc1noc(C)c1C(=O)Nc1ccc(Cl)c(S(=O)(=O)N2CCOCC2)c1. The molecular formula is C17H20ClN3O5S. The number of nitrogens with zero attached hydrogens (tertiary/aromatic N) is 2. The van der Waals surface area contributed by atoms with Crippen LogP contribution in [0.25, 0.3) is 0 Å². The molecule has 0 radical (unpaired) electrons. The Morgan fingerprint density at radius 2 is 2.04 bits per heavy atom. The molecule has 1 N–H and O–H groups in total. The van der Waals surface area contributed by atoms with Gasteiger partial charge in [0.05, 0.1) is 23.9 Å². The molecule has 2 heterocycles. The molecule has 1 aliphatic rings. The van der Waals surface area contributed by atoms with E-state index in [0.717, 1.165) is 0 Å². The first kappa shape index (κ1) is 19.8. The molecule has 146 valence electrons. The Labute approximate surface area is 162 Å². The van der Waals surface area contributed by atoms with E-state index in [0.29, 0.717) is 42.3 Å². The predicted octanol–water partition coefficient (Wildman–Crippen LogP) is 2.47. The van der Waals surface area contributed by atoms with E-state index in [1.807, 2.05) is 6.92 Å². The molecule has 1 fully saturated rings. The fraction of sp³-hybridized carbons (Fsp3) is 0.412. The Balaban J connectivity index is 1.89. The highest BCUT2D eigenvalue weighted by molar-refractivity contribution is 7.89. The summed E-state index contributed by atoms with van der Waals surface area (Å²) in [5.74, 6) is -0.0119. The van der Waals surface area contributed by atoms with Gasteiger partial charge in [-0.15, -0.1) is 0 Å². The van der Waals surface area contributed by atoms with Gasteiger partial charge in [0.15, 0.2) is 0 Å². The van der Waals surface area contributed by atoms with Gasteiger partial charge < -0.3 is 14.6 Å². The van der Waals surface area contributed by atoms with Gasteiger partial charge in [-0.1, -0.05) is 23.7 Å². The molecule has 0 aliphatic carbocycles. The van der Waals surface area contributed by atoms with Crippen LogP contribution in [0.1, 0.15) is 28.7 Å². The largest absolute Gasteiger partial charge is 0.379 e. The number of carbonyl (C=O) groups excluding carboxylic acids is 1. The third-order valence-corrected chi connectivity index (χ3v) is 6.65. The van der Waals surface area contributed by atoms with E-state index in [1.54, 1.807) is 13.0 Å². The summed E-state index contributed by atoms with van der Waals surface area (Å²) in [7, 11) is -3.79. The minimum Gasteiger partial charge on any atom is -0.379 e. The summed E-state index contributed by atoms with van der Waals surface area (Å²) in [5, 5.41) is 6.65. The van der Waals surface area contributed by atoms with Crippen LogP contribution in [0.3, 0.4) is 0 Å². The Morgan fingerprint density at radius 1 is 1.33 bits per heavy atom. The van der Waals surface area contributed by atoms with Gasteiger partial charge in [0.1, 0.15) is 16.2 Å². The molecule has 1 aromatic heterocycles. The lowest BCUT2D eigenvalue weighted by Crippen LogP contribution is -2.40. The highest BCUT2D eigenvalue weighted by Crippen LogP contribution is 2.29. The topological polar surface area (TPSA) is 102 Å². The zero-order valence-electron chi connectivity index (χ0n) is 15.0. The second-order valence-corrected chi connectivity index (χ2v) is 8.34. The molecule has 1 saturated heterocycles. The fourth-order valence-corrected chi connectivity index (χ4v) is 4.76. The van der Waals surface area contributed by atoms with Crippen molar-refractivity contribution in [1.82, 2.24) is 9.46 Å². The van der Waals surface area contributed by atoms with Crippen molar-refractivity contribution in [3.63, 3.8) is 0 Å². The molecule has 0 saturated carbocycles. The molecule has 2 aromatic rings. The molecular weight excluding hydrogens is 394 g/mol. The standard InChI is InChI=1S/C17H20ClN3O5S/c1-3-14-16(11(2)26-20-14)17(22)19-12-4-5-13(18)15(10-12)27(23,24)21-6-8-25-9-7-21/h4-5,10H,3,6-9H2,1-2H3,(H,19,22). The molecule has 0 unspecified atom stereocenters. The van der Waals surface area contributed by atoms with E-state index in [2.05, 4.69) is 10.5 Å². The third-order valence-electron chi connectivity index (χ3n) is 4.27. The second kappa shape index (κ2) is 7.97. The zero-order valence-corrected chi connectivity index (χ0v) is 16.6. The van der Waals surface area contributed by atoms with Crippen LogP contribution in [0.15, 0.2) is 27.6 Å². The number of halogens is 1. The number of amides is 1. The Kier molecular flexibility index (Phi) is 5.85. The quantitative estimate of drug-likeness (QED) is 0.807. The molecule has 3 rings (SSSR count). The van der Waals surface area contributed by atoms with Crippen LogP contribution >= 0.6 is 11.6 Å². The van der Waals surface area contributed by atoms with E-state index in [9.17, 15) is 13.2 Å². The van der Waals surface area contributed by atoms with E-state index >= 15 is 0 Å². The fourth-order valence-electron chi connectivity index (χ4n) is 2.85. The minimum absolute atomic E-state index is 0.0541. The summed E-state index contributed by atoms with van der Waals surface area (Å²) in [5.41, 5.74) is 1.21. The summed E-state index contributed by atoms with van der Waals surface area (Å²) >= 11 is 6.13. The number of nitrogens with one attached hydrogen (secondary N) is 1. The van der Waals surface area contributed by atoms with E-state index in [-0.39, 0.29) is 23.0 Å². The number of ether oxygens (including phenoxy) is 1. The predicted molar refractivity (Wildman–Crippen MR) is 99.6 cm³/mol. The maximum Gasteiger partial charge on any atom is 0.261 e. The van der Waals surface area contributed by atoms with Crippen molar-refractivity contribution >= 4 is 33.2 Å². The van der Waals surface area contributed by atoms with Crippen molar-refractivity contribution in [2.75, 3.05) is 31.6 Å². The van der Waals surface area contributed by atoms with Gasteiger partial charge in [-0.05, 0) is 31.5 Å². The first-order valence-corrected chi connectivity index (χ1v) is 10.3. The molecule has 27 heavy (non-hydrogen) atoms. The van der Waals surface area contributed by atoms with E-state index in [1.165, 1.54) is 16.4 Å². The van der Waals surface area contributed by atoms with E-state index < -0.39 is 15.9 Å². The van der Waals surface area contributed by atoms with Gasteiger partial charge in [0, 0.05) is 18.8 Å². The summed E-state index contributed by atoms with van der Waals surface area (Å²) in [6.45, 7) is 4.70. The molecule has 0 spiro atoms. The van der Waals surface area contributed by atoms with Gasteiger partial charge >= 0.3 is 0 Å². The van der Waals surface area contributed by atoms with Crippen LogP contribution in [0.2, 0.25) is 5.02 Å². The Bertz CT molecular complexity index is 951. The lowest BCUT2D eigenvalue weighted by Gasteiger charge is -2.26. The highest BCUT2D eigenvalue weighted by Gasteiger charge is 2.29. The molecule has 1 aliphatic heterocycles. The van der Waals surface area contributed by atoms with Crippen LogP contribution in [-0.2, 0) is 21.2 Å². The van der Waals surface area contributed by atoms with Gasteiger partial charge in [-0.3, -0.25) is 4.79 Å². The normalized spacial score (nSPS) is 15.7. The number of aromatic nitrogens is 1. The van der Waals surface area contributed by atoms with Crippen molar-refractivity contribution in [1.29, 1.82) is 0 Å². The van der Waals surface area contributed by atoms with Crippen molar-refractivity contribution in [3.8, 4) is 0 Å². The molecule has 1 aromatic carbocycles. The van der Waals surface area contributed by atoms with Crippen LogP contribution in [0, 0.1) is 6.92 Å². The van der Waals surface area contributed by atoms with Crippen LogP contribution in [-0.4, -0.2) is 50.1 Å². The number of hydrogen-bond acceptors (Lipinski definition) is 6. The van der Waals surface area contributed by atoms with Gasteiger partial charge in [0.25, 0.3) is 5.91 Å². The number of sulfonamides is 1. The summed E-state index contributed by atoms with van der Waals surface area (Å²) in [6.07, 6.45) is 0.539. The number of anilines is 1. The maximum absolute atomic E-state index is 12.9. The summed E-state index contributed by atoms with van der Waals surface area (Å²) in [6, 6.07) is 4.36. The number of carbonyl (C=O) groups is 1. The zero-order chi connectivity index (χ0) is 19.6. The Morgan fingerprint density at radius 3 is 2.70 bits per heavy atom. The van der Waals surface area contributed by atoms with Crippen molar-refractivity contribution in [2.45, 2.75) is 25.2 Å². The van der Waals surface area contributed by atoms with Gasteiger partial charge in [-0.25, -0.2) is 8.42 Å². The summed E-state index contributed by atoms with van der Waals surface area (Å²) < 4.78 is 37.4. The second-order valence-electron chi connectivity index (χ2n) is 6.03. The minimum atomic E-state index is -3.79. The molecule has 1 amide bonds. The van der Waals surface area contributed by atoms with Crippen molar-refractivity contribution in [2.24, 2.45) is 0 Å². The number of aryl methyl sites for hydroxylation is 2. The average Bonchev–Trinajstić information content (AvgIpc) is 3.04. The Hall–Kier alpha value is -1.94. The van der Waals surface area contributed by atoms with Crippen LogP contribution in [0.4, 0.5) is 5.69 Å². The molecule has 0 atom stereocenters. The smallest absolute Gasteiger partial charge is 0.261 e. The molecule has 10 heteroatoms. The first-order chi connectivity index (χ1) is 12.8. The average molecular weight is 414 g/mol. The third kappa shape index (κ3) is 4.01. The summed E-state index contributed by atoms with van der Waals surface area (Å²) in [4.78, 5) is 12.5. The number of hydrogen-bond donors (Lipinski definition) is 1. The van der Waals surface area contributed by atoms with Crippen molar-refractivity contribution in [3.05, 3.63) is 40.2 Å². The number of rotatable bonds is 5. The maximum atomic E-state index is 12.9. The lowest BCUT2D eigenvalue weighted by molar-refractivity contribution is 0.0730. The lowest BCUT2D eigenvalue weighted by atomic mass is 10.1. The van der Waals surface area contributed by atoms with Crippen LogP contribution < -0.4 is 5.32 Å². The van der Waals surface area contributed by atoms with Gasteiger partial charge in [0.2, 0.25) is 10.0 Å².